The Labute approximate surface area is 188 Å². The highest BCUT2D eigenvalue weighted by Gasteiger charge is 2.21. The maximum atomic E-state index is 12.5. The second-order valence-corrected chi connectivity index (χ2v) is 9.35. The second-order valence-electron chi connectivity index (χ2n) is 7.37. The van der Waals surface area contributed by atoms with Crippen molar-refractivity contribution in [3.8, 4) is 0 Å². The van der Waals surface area contributed by atoms with Crippen molar-refractivity contribution >= 4 is 51.7 Å². The standard InChI is InChI=1S/C22H30Cl2N2O2S/c1-16(27)19(26-22(28)21-17(23)10-9-11-18(21)24)12-7-5-3-2-4-6-8-13-20-25-14-15-29-20/h9-11,19H,2-8,12-15H2,1H3,(H,26,28)/t19-/m0/s1. The number of benzene rings is 1. The summed E-state index contributed by atoms with van der Waals surface area (Å²) in [6.07, 6.45) is 9.86. The molecule has 2 rings (SSSR count). The Hall–Kier alpha value is -1.04. The first-order valence-corrected chi connectivity index (χ1v) is 12.1. The molecule has 1 aliphatic heterocycles. The highest BCUT2D eigenvalue weighted by Crippen LogP contribution is 2.24. The number of carbonyl (C=O) groups is 2. The van der Waals surface area contributed by atoms with E-state index in [1.165, 1.54) is 37.7 Å². The smallest absolute Gasteiger partial charge is 0.254 e. The molecule has 0 unspecified atom stereocenters. The maximum Gasteiger partial charge on any atom is 0.254 e. The highest BCUT2D eigenvalue weighted by molar-refractivity contribution is 8.14. The molecule has 1 heterocycles. The maximum absolute atomic E-state index is 12.5. The monoisotopic (exact) mass is 456 g/mol. The van der Waals surface area contributed by atoms with Crippen molar-refractivity contribution in [2.24, 2.45) is 4.99 Å². The van der Waals surface area contributed by atoms with Crippen LogP contribution in [0.3, 0.4) is 0 Å². The number of hydrogen-bond donors (Lipinski definition) is 1. The van der Waals surface area contributed by atoms with E-state index < -0.39 is 11.9 Å². The van der Waals surface area contributed by atoms with Crippen molar-refractivity contribution in [2.45, 2.75) is 70.8 Å². The Morgan fingerprint density at radius 1 is 1.07 bits per heavy atom. The van der Waals surface area contributed by atoms with Gasteiger partial charge in [-0.3, -0.25) is 14.6 Å². The first-order valence-electron chi connectivity index (χ1n) is 10.4. The van der Waals surface area contributed by atoms with Crippen LogP contribution < -0.4 is 5.32 Å². The number of amides is 1. The van der Waals surface area contributed by atoms with Gasteiger partial charge in [0.2, 0.25) is 0 Å². The molecular formula is C22H30Cl2N2O2S. The van der Waals surface area contributed by atoms with Gasteiger partial charge in [0.05, 0.1) is 26.7 Å². The molecule has 1 atom stereocenters. The largest absolute Gasteiger partial charge is 0.342 e. The van der Waals surface area contributed by atoms with E-state index in [1.807, 2.05) is 11.8 Å². The summed E-state index contributed by atoms with van der Waals surface area (Å²) in [5.74, 6) is 0.711. The van der Waals surface area contributed by atoms with Crippen LogP contribution in [0.1, 0.15) is 75.1 Å². The molecule has 1 amide bonds. The summed E-state index contributed by atoms with van der Waals surface area (Å²) in [6, 6.07) is 4.42. The number of unbranched alkanes of at least 4 members (excludes halogenated alkanes) is 6. The normalized spacial score (nSPS) is 14.5. The molecule has 0 aromatic heterocycles. The Balaban J connectivity index is 1.61. The van der Waals surface area contributed by atoms with E-state index in [-0.39, 0.29) is 21.4 Å². The molecule has 1 aromatic rings. The molecule has 1 N–H and O–H groups in total. The molecule has 0 bridgehead atoms. The van der Waals surface area contributed by atoms with E-state index in [0.717, 1.165) is 38.0 Å². The van der Waals surface area contributed by atoms with Crippen LogP contribution in [-0.4, -0.2) is 35.1 Å². The summed E-state index contributed by atoms with van der Waals surface area (Å²) in [6.45, 7) is 2.50. The third kappa shape index (κ3) is 8.69. The molecule has 0 aliphatic carbocycles. The quantitative estimate of drug-likeness (QED) is 0.352. The number of thioether (sulfide) groups is 1. The highest BCUT2D eigenvalue weighted by atomic mass is 35.5. The van der Waals surface area contributed by atoms with Gasteiger partial charge in [0.1, 0.15) is 0 Å². The predicted octanol–water partition coefficient (Wildman–Crippen LogP) is 6.34. The molecule has 0 spiro atoms. The number of aliphatic imine (C=N–C) groups is 1. The number of hydrogen-bond acceptors (Lipinski definition) is 4. The Bertz CT molecular complexity index is 705. The first-order chi connectivity index (χ1) is 14.0. The molecule has 0 fully saturated rings. The van der Waals surface area contributed by atoms with Crippen LogP contribution in [0.5, 0.6) is 0 Å². The van der Waals surface area contributed by atoms with Crippen molar-refractivity contribution in [3.05, 3.63) is 33.8 Å². The lowest BCUT2D eigenvalue weighted by molar-refractivity contribution is -0.119. The minimum absolute atomic E-state index is 0.0470. The summed E-state index contributed by atoms with van der Waals surface area (Å²) in [5, 5.41) is 4.70. The predicted molar refractivity (Wildman–Crippen MR) is 125 cm³/mol. The third-order valence-corrected chi connectivity index (χ3v) is 6.70. The lowest BCUT2D eigenvalue weighted by Crippen LogP contribution is -2.40. The Morgan fingerprint density at radius 2 is 1.69 bits per heavy atom. The van der Waals surface area contributed by atoms with Crippen molar-refractivity contribution < 1.29 is 9.59 Å². The number of ketones is 1. The van der Waals surface area contributed by atoms with E-state index in [0.29, 0.717) is 6.42 Å². The van der Waals surface area contributed by atoms with Crippen LogP contribution in [0, 0.1) is 0 Å². The number of carbonyl (C=O) groups excluding carboxylic acids is 2. The lowest BCUT2D eigenvalue weighted by Gasteiger charge is -2.17. The molecular weight excluding hydrogens is 427 g/mol. The van der Waals surface area contributed by atoms with E-state index in [1.54, 1.807) is 18.2 Å². The summed E-state index contributed by atoms with van der Waals surface area (Å²) in [4.78, 5) is 28.9. The van der Waals surface area contributed by atoms with Crippen LogP contribution in [-0.2, 0) is 4.79 Å². The van der Waals surface area contributed by atoms with Crippen LogP contribution in [0.2, 0.25) is 10.0 Å². The topological polar surface area (TPSA) is 58.5 Å². The average Bonchev–Trinajstić information content (AvgIpc) is 3.19. The molecule has 29 heavy (non-hydrogen) atoms. The Kier molecular flexibility index (Phi) is 11.1. The third-order valence-electron chi connectivity index (χ3n) is 5.02. The fourth-order valence-electron chi connectivity index (χ4n) is 3.36. The molecule has 0 saturated heterocycles. The molecule has 7 heteroatoms. The van der Waals surface area contributed by atoms with Gasteiger partial charge in [-0.05, 0) is 38.3 Å². The fourth-order valence-corrected chi connectivity index (χ4v) is 4.82. The zero-order chi connectivity index (χ0) is 21.1. The van der Waals surface area contributed by atoms with Gasteiger partial charge in [-0.1, -0.05) is 67.8 Å². The molecule has 0 radical (unpaired) electrons. The number of halogens is 2. The minimum Gasteiger partial charge on any atom is -0.342 e. The van der Waals surface area contributed by atoms with Crippen LogP contribution in [0.15, 0.2) is 23.2 Å². The first kappa shape index (κ1) is 24.2. The number of rotatable bonds is 13. The van der Waals surface area contributed by atoms with Crippen molar-refractivity contribution in [3.63, 3.8) is 0 Å². The summed E-state index contributed by atoms with van der Waals surface area (Å²) < 4.78 is 0. The van der Waals surface area contributed by atoms with Crippen LogP contribution >= 0.6 is 35.0 Å². The van der Waals surface area contributed by atoms with Crippen molar-refractivity contribution in [1.82, 2.24) is 5.32 Å². The van der Waals surface area contributed by atoms with Gasteiger partial charge in [-0.25, -0.2) is 0 Å². The van der Waals surface area contributed by atoms with E-state index in [4.69, 9.17) is 23.2 Å². The van der Waals surface area contributed by atoms with E-state index in [2.05, 4.69) is 10.3 Å². The van der Waals surface area contributed by atoms with Gasteiger partial charge in [-0.15, -0.1) is 11.8 Å². The van der Waals surface area contributed by atoms with Crippen molar-refractivity contribution in [1.29, 1.82) is 0 Å². The minimum atomic E-state index is -0.500. The number of nitrogens with zero attached hydrogens (tertiary/aromatic N) is 1. The SMILES string of the molecule is CC(=O)[C@H](CCCCCCCCCC1=NCCS1)NC(=O)c1c(Cl)cccc1Cl. The van der Waals surface area contributed by atoms with Gasteiger partial charge in [0.15, 0.2) is 5.78 Å². The zero-order valence-electron chi connectivity index (χ0n) is 17.0. The lowest BCUT2D eigenvalue weighted by atomic mass is 10.0. The summed E-state index contributed by atoms with van der Waals surface area (Å²) >= 11 is 14.1. The van der Waals surface area contributed by atoms with E-state index in [9.17, 15) is 9.59 Å². The number of Topliss-reactive ketones (excluding diaryl/α,β-unsaturated/α-hetero) is 1. The average molecular weight is 457 g/mol. The zero-order valence-corrected chi connectivity index (χ0v) is 19.3. The Morgan fingerprint density at radius 3 is 2.28 bits per heavy atom. The van der Waals surface area contributed by atoms with Gasteiger partial charge in [0, 0.05) is 12.3 Å². The van der Waals surface area contributed by atoms with Crippen LogP contribution in [0.25, 0.3) is 0 Å². The van der Waals surface area contributed by atoms with E-state index >= 15 is 0 Å². The van der Waals surface area contributed by atoms with Gasteiger partial charge in [0.25, 0.3) is 5.91 Å². The fraction of sp³-hybridized carbons (Fsp3) is 0.591. The van der Waals surface area contributed by atoms with Crippen molar-refractivity contribution in [2.75, 3.05) is 12.3 Å². The molecule has 4 nitrogen and oxygen atoms in total. The summed E-state index contributed by atoms with van der Waals surface area (Å²) in [7, 11) is 0. The molecule has 1 aromatic carbocycles. The van der Waals surface area contributed by atoms with Gasteiger partial charge >= 0.3 is 0 Å². The van der Waals surface area contributed by atoms with Gasteiger partial charge in [-0.2, -0.15) is 0 Å². The number of nitrogens with one attached hydrogen (secondary N) is 1. The summed E-state index contributed by atoms with van der Waals surface area (Å²) in [5.41, 5.74) is 0.226. The second kappa shape index (κ2) is 13.3. The molecule has 0 saturated carbocycles. The molecule has 1 aliphatic rings. The van der Waals surface area contributed by atoms with Gasteiger partial charge < -0.3 is 5.32 Å². The van der Waals surface area contributed by atoms with Crippen LogP contribution in [0.4, 0.5) is 0 Å². The molecule has 160 valence electrons.